The standard InChI is InChI=1S/C30H58O10S2.2Na/c1-3-5-7-9-11-13-17-21-25-39-29(31)27(41(33,34)35)23-19-15-16-20-24-28(42(36,37)38)30(32)40-26-22-18-14-12-10-8-6-4-2;;/h27-28H,3-26H2,1-2H3,(H,33,34,35)(H,36,37,38);;/q;2*+1/p-2. The van der Waals surface area contributed by atoms with Crippen LogP contribution in [0.5, 0.6) is 0 Å². The first-order valence-corrected chi connectivity index (χ1v) is 19.1. The van der Waals surface area contributed by atoms with Crippen LogP contribution in [-0.4, -0.2) is 61.6 Å². The number of hydrogen-bond acceptors (Lipinski definition) is 10. The van der Waals surface area contributed by atoms with Crippen LogP contribution in [0.1, 0.15) is 155 Å². The molecule has 0 N–H and O–H groups in total. The van der Waals surface area contributed by atoms with Crippen molar-refractivity contribution >= 4 is 32.2 Å². The summed E-state index contributed by atoms with van der Waals surface area (Å²) >= 11 is 0. The largest absolute Gasteiger partial charge is 1.00 e. The Morgan fingerprint density at radius 2 is 0.727 bits per heavy atom. The predicted octanol–water partition coefficient (Wildman–Crippen LogP) is 0.530. The molecule has 0 radical (unpaired) electrons. The van der Waals surface area contributed by atoms with Crippen LogP contribution in [0.3, 0.4) is 0 Å². The van der Waals surface area contributed by atoms with Crippen LogP contribution in [0, 0.1) is 0 Å². The van der Waals surface area contributed by atoms with Crippen molar-refractivity contribution < 1.29 is 104 Å². The molecule has 0 bridgehead atoms. The number of hydrogen-bond donors (Lipinski definition) is 0. The number of rotatable bonds is 29. The van der Waals surface area contributed by atoms with Gasteiger partial charge in [0, 0.05) is 0 Å². The Morgan fingerprint density at radius 1 is 0.477 bits per heavy atom. The third-order valence-corrected chi connectivity index (χ3v) is 9.64. The summed E-state index contributed by atoms with van der Waals surface area (Å²) in [4.78, 5) is 24.5. The number of ether oxygens (including phenoxy) is 2. The Balaban J connectivity index is -0.00000840. The first-order valence-electron chi connectivity index (χ1n) is 16.2. The van der Waals surface area contributed by atoms with Gasteiger partial charge in [-0.1, -0.05) is 129 Å². The predicted molar refractivity (Wildman–Crippen MR) is 162 cm³/mol. The topological polar surface area (TPSA) is 167 Å². The summed E-state index contributed by atoms with van der Waals surface area (Å²) in [7, 11) is -9.78. The fourth-order valence-corrected chi connectivity index (χ4v) is 6.29. The molecular weight excluding hydrogens is 630 g/mol. The molecule has 0 saturated heterocycles. The number of carbonyl (C=O) groups is 2. The van der Waals surface area contributed by atoms with E-state index in [9.17, 15) is 35.5 Å². The smallest absolute Gasteiger partial charge is 0.747 e. The van der Waals surface area contributed by atoms with Gasteiger partial charge in [0.25, 0.3) is 0 Å². The second-order valence-electron chi connectivity index (χ2n) is 11.2. The molecule has 2 atom stereocenters. The zero-order valence-corrected chi connectivity index (χ0v) is 33.7. The van der Waals surface area contributed by atoms with Crippen LogP contribution in [0.15, 0.2) is 0 Å². The zero-order chi connectivity index (χ0) is 31.7. The molecule has 0 aromatic rings. The molecule has 0 heterocycles. The molecule has 0 aliphatic heterocycles. The van der Waals surface area contributed by atoms with Gasteiger partial charge in [-0.25, -0.2) is 16.8 Å². The summed E-state index contributed by atoms with van der Waals surface area (Å²) < 4.78 is 79.8. The van der Waals surface area contributed by atoms with E-state index < -0.39 is 42.7 Å². The Labute approximate surface area is 312 Å². The molecule has 0 aromatic heterocycles. The first-order chi connectivity index (χ1) is 19.9. The molecule has 44 heavy (non-hydrogen) atoms. The summed E-state index contributed by atoms with van der Waals surface area (Å²) in [6.07, 6.45) is 17.5. The SMILES string of the molecule is CCCCCCCCCCOC(=O)C(CCCCCCC(C(=O)OCCCCCCCCCC)S(=O)(=O)[O-])S(=O)(=O)[O-].[Na+].[Na+]. The Kier molecular flexibility index (Phi) is 34.7. The van der Waals surface area contributed by atoms with Gasteiger partial charge in [-0.2, -0.15) is 0 Å². The maximum Gasteiger partial charge on any atom is 1.00 e. The van der Waals surface area contributed by atoms with E-state index in [-0.39, 0.29) is 98.0 Å². The molecule has 0 aliphatic rings. The van der Waals surface area contributed by atoms with Crippen molar-refractivity contribution in [2.45, 2.75) is 166 Å². The van der Waals surface area contributed by atoms with E-state index in [1.807, 2.05) is 0 Å². The van der Waals surface area contributed by atoms with Crippen molar-refractivity contribution in [2.75, 3.05) is 13.2 Å². The molecule has 0 amide bonds. The van der Waals surface area contributed by atoms with E-state index in [1.165, 1.54) is 51.4 Å². The zero-order valence-electron chi connectivity index (χ0n) is 28.0. The molecule has 0 saturated carbocycles. The molecule has 0 fully saturated rings. The van der Waals surface area contributed by atoms with Gasteiger partial charge in [0.15, 0.2) is 0 Å². The minimum atomic E-state index is -4.89. The minimum absolute atomic E-state index is 0. The minimum Gasteiger partial charge on any atom is -0.747 e. The van der Waals surface area contributed by atoms with E-state index in [2.05, 4.69) is 13.8 Å². The Morgan fingerprint density at radius 3 is 1.00 bits per heavy atom. The molecule has 2 unspecified atom stereocenters. The Bertz CT molecular complexity index is 841. The molecule has 0 spiro atoms. The van der Waals surface area contributed by atoms with Gasteiger partial charge in [-0.3, -0.25) is 9.59 Å². The summed E-state index contributed by atoms with van der Waals surface area (Å²) in [6.45, 7) is 4.45. The number of unbranched alkanes of at least 4 members (excludes halogenated alkanes) is 17. The van der Waals surface area contributed by atoms with Gasteiger partial charge in [-0.15, -0.1) is 0 Å². The van der Waals surface area contributed by atoms with Gasteiger partial charge in [0.2, 0.25) is 0 Å². The maximum absolute atomic E-state index is 12.2. The van der Waals surface area contributed by atoms with Crippen molar-refractivity contribution in [1.82, 2.24) is 0 Å². The molecule has 250 valence electrons. The van der Waals surface area contributed by atoms with Gasteiger partial charge in [0.05, 0.1) is 13.2 Å². The normalized spacial score (nSPS) is 12.9. The van der Waals surface area contributed by atoms with Crippen molar-refractivity contribution in [3.63, 3.8) is 0 Å². The number of esters is 2. The number of carbonyl (C=O) groups excluding carboxylic acids is 2. The van der Waals surface area contributed by atoms with Crippen LogP contribution < -0.4 is 59.1 Å². The quantitative estimate of drug-likeness (QED) is 0.0469. The van der Waals surface area contributed by atoms with E-state index in [0.717, 1.165) is 38.5 Å². The van der Waals surface area contributed by atoms with Gasteiger partial charge in [0.1, 0.15) is 30.7 Å². The average Bonchev–Trinajstić information content (AvgIpc) is 2.91. The molecule has 0 rings (SSSR count). The van der Waals surface area contributed by atoms with E-state index in [4.69, 9.17) is 9.47 Å². The third kappa shape index (κ3) is 27.8. The van der Waals surface area contributed by atoms with Crippen LogP contribution in [0.2, 0.25) is 0 Å². The van der Waals surface area contributed by atoms with Gasteiger partial charge < -0.3 is 18.6 Å². The van der Waals surface area contributed by atoms with Crippen molar-refractivity contribution in [2.24, 2.45) is 0 Å². The fraction of sp³-hybridized carbons (Fsp3) is 0.933. The van der Waals surface area contributed by atoms with Crippen molar-refractivity contribution in [3.05, 3.63) is 0 Å². The molecule has 0 aromatic carbocycles. The van der Waals surface area contributed by atoms with E-state index in [1.54, 1.807) is 0 Å². The summed E-state index contributed by atoms with van der Waals surface area (Å²) in [5, 5.41) is -3.57. The van der Waals surface area contributed by atoms with Crippen LogP contribution in [-0.2, 0) is 39.3 Å². The summed E-state index contributed by atoms with van der Waals surface area (Å²) in [6, 6.07) is 0. The summed E-state index contributed by atoms with van der Waals surface area (Å²) in [5.41, 5.74) is 0. The fourth-order valence-electron chi connectivity index (χ4n) is 4.78. The van der Waals surface area contributed by atoms with Crippen LogP contribution >= 0.6 is 0 Å². The molecule has 0 aliphatic carbocycles. The second-order valence-corrected chi connectivity index (χ2v) is 14.3. The second kappa shape index (κ2) is 31.1. The maximum atomic E-state index is 12.2. The van der Waals surface area contributed by atoms with E-state index >= 15 is 0 Å². The van der Waals surface area contributed by atoms with Crippen LogP contribution in [0.25, 0.3) is 0 Å². The first kappa shape index (κ1) is 49.2. The van der Waals surface area contributed by atoms with Crippen LogP contribution in [0.4, 0.5) is 0 Å². The Hall–Kier alpha value is 0.760. The van der Waals surface area contributed by atoms with E-state index in [0.29, 0.717) is 25.7 Å². The van der Waals surface area contributed by atoms with Crippen molar-refractivity contribution in [3.8, 4) is 0 Å². The average molecular weight is 687 g/mol. The monoisotopic (exact) mass is 686 g/mol. The summed E-state index contributed by atoms with van der Waals surface area (Å²) in [5.74, 6) is -2.07. The molecule has 10 nitrogen and oxygen atoms in total. The molecule has 14 heteroatoms. The van der Waals surface area contributed by atoms with Gasteiger partial charge >= 0.3 is 71.1 Å². The van der Waals surface area contributed by atoms with Gasteiger partial charge in [-0.05, 0) is 25.7 Å². The van der Waals surface area contributed by atoms with Crippen molar-refractivity contribution in [1.29, 1.82) is 0 Å². The third-order valence-electron chi connectivity index (χ3n) is 7.39. The molecular formula is C30H56Na2O10S2.